The van der Waals surface area contributed by atoms with Crippen molar-refractivity contribution in [3.8, 4) is 11.6 Å². The Morgan fingerprint density at radius 2 is 2.07 bits per heavy atom. The van der Waals surface area contributed by atoms with Gasteiger partial charge in [-0.25, -0.2) is 14.6 Å². The summed E-state index contributed by atoms with van der Waals surface area (Å²) in [6.45, 7) is 1.81. The second-order valence-electron chi connectivity index (χ2n) is 7.68. The van der Waals surface area contributed by atoms with E-state index in [9.17, 15) is 5.11 Å². The molecular formula is C21H20N8O. The van der Waals surface area contributed by atoms with Crippen molar-refractivity contribution in [1.29, 1.82) is 0 Å². The molecule has 2 aliphatic heterocycles. The van der Waals surface area contributed by atoms with Gasteiger partial charge < -0.3 is 20.6 Å². The van der Waals surface area contributed by atoms with E-state index in [4.69, 9.17) is 5.10 Å². The number of pyridine rings is 1. The van der Waals surface area contributed by atoms with Gasteiger partial charge in [-0.05, 0) is 24.6 Å². The van der Waals surface area contributed by atoms with Crippen LogP contribution in [0.2, 0.25) is 0 Å². The van der Waals surface area contributed by atoms with E-state index < -0.39 is 0 Å². The molecule has 30 heavy (non-hydrogen) atoms. The topological polar surface area (TPSA) is 104 Å². The fourth-order valence-electron chi connectivity index (χ4n) is 4.46. The third-order valence-corrected chi connectivity index (χ3v) is 5.84. The van der Waals surface area contributed by atoms with E-state index in [1.165, 1.54) is 0 Å². The standard InChI is InChI=1S/C21H20N8O/c30-21-18(28-12-13-7-14(28)9-24-13)8-15(10-25-21)29-17-4-2-1-3-16(17)20(27-29)26-19-11-22-5-6-23-19/h1-6,8,10-11,13-14,24H,7,9,12H2,(H,25,30)(H,23,26,27)/t13-,14-/m0/s1. The van der Waals surface area contributed by atoms with Gasteiger partial charge in [0.25, 0.3) is 0 Å². The number of aromatic hydroxyl groups is 1. The lowest BCUT2D eigenvalue weighted by molar-refractivity contribution is 0.449. The van der Waals surface area contributed by atoms with Gasteiger partial charge >= 0.3 is 0 Å². The van der Waals surface area contributed by atoms with E-state index in [-0.39, 0.29) is 5.88 Å². The van der Waals surface area contributed by atoms with Crippen molar-refractivity contribution < 1.29 is 5.11 Å². The van der Waals surface area contributed by atoms with Gasteiger partial charge in [0.05, 0.1) is 23.6 Å². The molecule has 2 aliphatic rings. The van der Waals surface area contributed by atoms with Crippen molar-refractivity contribution in [3.05, 3.63) is 55.1 Å². The number of hydrogen-bond acceptors (Lipinski definition) is 8. The molecule has 2 fully saturated rings. The average molecular weight is 400 g/mol. The lowest BCUT2D eigenvalue weighted by Crippen LogP contribution is -2.43. The van der Waals surface area contributed by atoms with Crippen molar-refractivity contribution in [1.82, 2.24) is 30.0 Å². The second kappa shape index (κ2) is 6.67. The molecular weight excluding hydrogens is 380 g/mol. The molecule has 3 N–H and O–H groups in total. The zero-order valence-electron chi connectivity index (χ0n) is 16.1. The average Bonchev–Trinajstić information content (AvgIpc) is 3.50. The van der Waals surface area contributed by atoms with Crippen LogP contribution < -0.4 is 15.5 Å². The van der Waals surface area contributed by atoms with Crippen LogP contribution in [0.15, 0.2) is 55.1 Å². The zero-order valence-corrected chi connectivity index (χ0v) is 16.1. The molecule has 0 aliphatic carbocycles. The largest absolute Gasteiger partial charge is 0.492 e. The fraction of sp³-hybridized carbons (Fsp3) is 0.238. The van der Waals surface area contributed by atoms with Crippen LogP contribution in [0.5, 0.6) is 5.88 Å². The van der Waals surface area contributed by atoms with Crippen LogP contribution in [-0.2, 0) is 0 Å². The Labute approximate surface area is 172 Å². The van der Waals surface area contributed by atoms with Crippen LogP contribution in [0, 0.1) is 0 Å². The van der Waals surface area contributed by atoms with Crippen LogP contribution in [0.4, 0.5) is 17.3 Å². The van der Waals surface area contributed by atoms with Gasteiger partial charge in [-0.2, -0.15) is 0 Å². The smallest absolute Gasteiger partial charge is 0.235 e. The van der Waals surface area contributed by atoms with Gasteiger partial charge in [0.1, 0.15) is 11.5 Å². The number of fused-ring (bicyclic) bond motifs is 3. The van der Waals surface area contributed by atoms with E-state index in [0.29, 0.717) is 23.7 Å². The Kier molecular flexibility index (Phi) is 3.81. The quantitative estimate of drug-likeness (QED) is 0.479. The molecule has 2 bridgehead atoms. The summed E-state index contributed by atoms with van der Waals surface area (Å²) in [6.07, 6.45) is 7.67. The molecule has 0 spiro atoms. The maximum Gasteiger partial charge on any atom is 0.235 e. The third-order valence-electron chi connectivity index (χ3n) is 5.84. The molecule has 4 aromatic rings. The SMILES string of the molecule is Oc1ncc(-n2nc(Nc3cnccn3)c3ccccc32)cc1N1C[C@@H]2C[C@H]1CN2. The highest BCUT2D eigenvalue weighted by atomic mass is 16.3. The highest BCUT2D eigenvalue weighted by Gasteiger charge is 2.38. The van der Waals surface area contributed by atoms with E-state index in [2.05, 4.69) is 30.5 Å². The summed E-state index contributed by atoms with van der Waals surface area (Å²) in [7, 11) is 0. The Bertz CT molecular complexity index is 1220. The first-order chi connectivity index (χ1) is 14.8. The fourth-order valence-corrected chi connectivity index (χ4v) is 4.46. The van der Waals surface area contributed by atoms with E-state index >= 15 is 0 Å². The van der Waals surface area contributed by atoms with Crippen LogP contribution in [0.3, 0.4) is 0 Å². The van der Waals surface area contributed by atoms with Crippen molar-refractivity contribution >= 4 is 28.2 Å². The molecule has 2 atom stereocenters. The van der Waals surface area contributed by atoms with Gasteiger partial charge in [-0.3, -0.25) is 4.98 Å². The minimum absolute atomic E-state index is 0.0562. The molecule has 9 nitrogen and oxygen atoms in total. The molecule has 0 amide bonds. The summed E-state index contributed by atoms with van der Waals surface area (Å²) in [5.41, 5.74) is 2.48. The molecule has 0 radical (unpaired) electrons. The normalized spacial score (nSPS) is 20.2. The highest BCUT2D eigenvalue weighted by Crippen LogP contribution is 2.36. The molecule has 0 unspecified atom stereocenters. The predicted octanol–water partition coefficient (Wildman–Crippen LogP) is 2.21. The van der Waals surface area contributed by atoms with Gasteiger partial charge in [0.2, 0.25) is 5.88 Å². The maximum atomic E-state index is 10.5. The molecule has 1 aromatic carbocycles. The summed E-state index contributed by atoms with van der Waals surface area (Å²) < 4.78 is 1.84. The molecule has 0 saturated carbocycles. The summed E-state index contributed by atoms with van der Waals surface area (Å²) >= 11 is 0. The Morgan fingerprint density at radius 1 is 1.13 bits per heavy atom. The molecule has 150 valence electrons. The van der Waals surface area contributed by atoms with Gasteiger partial charge in [0, 0.05) is 43.0 Å². The summed E-state index contributed by atoms with van der Waals surface area (Å²) in [6, 6.07) is 10.8. The molecule has 6 rings (SSSR count). The van der Waals surface area contributed by atoms with Gasteiger partial charge in [-0.15, -0.1) is 5.10 Å². The lowest BCUT2D eigenvalue weighted by Gasteiger charge is -2.29. The molecule has 5 heterocycles. The molecule has 3 aromatic heterocycles. The monoisotopic (exact) mass is 400 g/mol. The highest BCUT2D eigenvalue weighted by molar-refractivity contribution is 5.92. The number of nitrogens with one attached hydrogen (secondary N) is 2. The van der Waals surface area contributed by atoms with Crippen molar-refractivity contribution in [2.45, 2.75) is 18.5 Å². The van der Waals surface area contributed by atoms with Crippen LogP contribution in [-0.4, -0.2) is 55.0 Å². The number of benzene rings is 1. The van der Waals surface area contributed by atoms with Crippen LogP contribution in [0.25, 0.3) is 16.6 Å². The lowest BCUT2D eigenvalue weighted by atomic mass is 10.2. The van der Waals surface area contributed by atoms with Crippen molar-refractivity contribution in [3.63, 3.8) is 0 Å². The number of rotatable bonds is 4. The summed E-state index contributed by atoms with van der Waals surface area (Å²) in [4.78, 5) is 14.9. The van der Waals surface area contributed by atoms with Crippen LogP contribution >= 0.6 is 0 Å². The van der Waals surface area contributed by atoms with E-state index in [1.807, 2.05) is 35.0 Å². The Hall–Kier alpha value is -3.72. The van der Waals surface area contributed by atoms with Gasteiger partial charge in [0.15, 0.2) is 5.82 Å². The molecule has 2 saturated heterocycles. The number of nitrogens with zero attached hydrogens (tertiary/aromatic N) is 6. The van der Waals surface area contributed by atoms with Gasteiger partial charge in [-0.1, -0.05) is 12.1 Å². The van der Waals surface area contributed by atoms with Crippen molar-refractivity contribution in [2.24, 2.45) is 0 Å². The third kappa shape index (κ3) is 2.74. The maximum absolute atomic E-state index is 10.5. The zero-order chi connectivity index (χ0) is 20.1. The first kappa shape index (κ1) is 17.2. The number of aromatic nitrogens is 5. The predicted molar refractivity (Wildman–Crippen MR) is 113 cm³/mol. The number of piperazine rings is 1. The Morgan fingerprint density at radius 3 is 2.87 bits per heavy atom. The van der Waals surface area contributed by atoms with Crippen LogP contribution in [0.1, 0.15) is 6.42 Å². The summed E-state index contributed by atoms with van der Waals surface area (Å²) in [5.74, 6) is 1.36. The van der Waals surface area contributed by atoms with E-state index in [0.717, 1.165) is 41.8 Å². The van der Waals surface area contributed by atoms with E-state index in [1.54, 1.807) is 24.8 Å². The first-order valence-electron chi connectivity index (χ1n) is 9.96. The van der Waals surface area contributed by atoms with Crippen molar-refractivity contribution in [2.75, 3.05) is 23.3 Å². The minimum atomic E-state index is 0.0562. The first-order valence-corrected chi connectivity index (χ1v) is 9.96. The number of para-hydroxylation sites is 1. The minimum Gasteiger partial charge on any atom is -0.492 e. The number of anilines is 3. The summed E-state index contributed by atoms with van der Waals surface area (Å²) in [5, 5.41) is 22.9. The molecule has 9 heteroatoms. The Balaban J connectivity index is 1.43. The number of hydrogen-bond donors (Lipinski definition) is 3. The second-order valence-corrected chi connectivity index (χ2v) is 7.68.